The first-order chi connectivity index (χ1) is 11.1. The van der Waals surface area contributed by atoms with Gasteiger partial charge in [-0.3, -0.25) is 10.2 Å². The Labute approximate surface area is 140 Å². The van der Waals surface area contributed by atoms with Crippen molar-refractivity contribution >= 4 is 22.6 Å². The van der Waals surface area contributed by atoms with E-state index >= 15 is 0 Å². The Morgan fingerprint density at radius 2 is 2.17 bits per heavy atom. The number of carbonyl (C=O) groups excluding carboxylic acids is 1. The molecule has 1 aliphatic heterocycles. The Bertz CT molecular complexity index is 682. The summed E-state index contributed by atoms with van der Waals surface area (Å²) in [4.78, 5) is 19.6. The van der Waals surface area contributed by atoms with Crippen LogP contribution < -0.4 is 5.32 Å². The molecule has 0 aliphatic carbocycles. The SMILES string of the molecule is CCOC(=O)Nc1nc2c(s1)CN(Cc1ccc(C)cc1)CC2. The van der Waals surface area contributed by atoms with Crippen LogP contribution >= 0.6 is 11.3 Å². The predicted octanol–water partition coefficient (Wildman–Crippen LogP) is 3.58. The van der Waals surface area contributed by atoms with E-state index < -0.39 is 6.09 Å². The van der Waals surface area contributed by atoms with Crippen molar-refractivity contribution in [2.75, 3.05) is 18.5 Å². The van der Waals surface area contributed by atoms with Gasteiger partial charge < -0.3 is 4.74 Å². The summed E-state index contributed by atoms with van der Waals surface area (Å²) < 4.78 is 4.89. The first-order valence-corrected chi connectivity index (χ1v) is 8.66. The van der Waals surface area contributed by atoms with Gasteiger partial charge in [-0.15, -0.1) is 0 Å². The largest absolute Gasteiger partial charge is 0.450 e. The minimum absolute atomic E-state index is 0.362. The number of rotatable bonds is 4. The highest BCUT2D eigenvalue weighted by Crippen LogP contribution is 2.29. The minimum atomic E-state index is -0.435. The zero-order chi connectivity index (χ0) is 16.2. The fourth-order valence-corrected chi connectivity index (χ4v) is 3.68. The second kappa shape index (κ2) is 7.10. The molecular weight excluding hydrogens is 310 g/mol. The van der Waals surface area contributed by atoms with Gasteiger partial charge >= 0.3 is 6.09 Å². The van der Waals surface area contributed by atoms with Crippen LogP contribution in [0.25, 0.3) is 0 Å². The normalized spacial score (nSPS) is 14.3. The number of amides is 1. The molecule has 0 saturated heterocycles. The number of aryl methyl sites for hydroxylation is 1. The number of aromatic nitrogens is 1. The third-order valence-electron chi connectivity index (χ3n) is 3.82. The number of nitrogens with one attached hydrogen (secondary N) is 1. The summed E-state index contributed by atoms with van der Waals surface area (Å²) in [6.45, 7) is 7.07. The van der Waals surface area contributed by atoms with Crippen LogP contribution in [0, 0.1) is 6.92 Å². The van der Waals surface area contributed by atoms with Crippen LogP contribution in [0.3, 0.4) is 0 Å². The minimum Gasteiger partial charge on any atom is -0.450 e. The average Bonchev–Trinajstić information content (AvgIpc) is 2.91. The highest BCUT2D eigenvalue weighted by molar-refractivity contribution is 7.15. The third kappa shape index (κ3) is 4.09. The van der Waals surface area contributed by atoms with Crippen LogP contribution in [0.2, 0.25) is 0 Å². The highest BCUT2D eigenvalue weighted by atomic mass is 32.1. The summed E-state index contributed by atoms with van der Waals surface area (Å²) in [6.07, 6.45) is 0.484. The molecule has 2 heterocycles. The first-order valence-electron chi connectivity index (χ1n) is 7.84. The second-order valence-electron chi connectivity index (χ2n) is 5.68. The molecule has 0 radical (unpaired) electrons. The van der Waals surface area contributed by atoms with E-state index in [1.807, 2.05) is 0 Å². The molecule has 1 N–H and O–H groups in total. The quantitative estimate of drug-likeness (QED) is 0.930. The molecule has 0 unspecified atom stereocenters. The summed E-state index contributed by atoms with van der Waals surface area (Å²) in [5, 5.41) is 3.33. The molecule has 2 aromatic rings. The summed E-state index contributed by atoms with van der Waals surface area (Å²) in [5.74, 6) is 0. The van der Waals surface area contributed by atoms with E-state index in [0.717, 1.165) is 31.7 Å². The smallest absolute Gasteiger partial charge is 0.413 e. The molecule has 5 nitrogen and oxygen atoms in total. The van der Waals surface area contributed by atoms with Crippen LogP contribution in [0.4, 0.5) is 9.93 Å². The third-order valence-corrected chi connectivity index (χ3v) is 4.82. The van der Waals surface area contributed by atoms with E-state index in [4.69, 9.17) is 4.74 Å². The van der Waals surface area contributed by atoms with Crippen LogP contribution in [0.5, 0.6) is 0 Å². The maximum absolute atomic E-state index is 11.5. The predicted molar refractivity (Wildman–Crippen MR) is 91.8 cm³/mol. The van der Waals surface area contributed by atoms with E-state index in [1.54, 1.807) is 18.3 Å². The van der Waals surface area contributed by atoms with E-state index in [2.05, 4.69) is 46.4 Å². The molecule has 1 aromatic heterocycles. The van der Waals surface area contributed by atoms with Crippen LogP contribution in [0.15, 0.2) is 24.3 Å². The summed E-state index contributed by atoms with van der Waals surface area (Å²) >= 11 is 1.54. The fourth-order valence-electron chi connectivity index (χ4n) is 2.64. The van der Waals surface area contributed by atoms with Crippen LogP contribution in [-0.2, 0) is 24.2 Å². The number of nitrogens with zero attached hydrogens (tertiary/aromatic N) is 2. The zero-order valence-electron chi connectivity index (χ0n) is 13.5. The van der Waals surface area contributed by atoms with Crippen molar-refractivity contribution < 1.29 is 9.53 Å². The molecule has 0 spiro atoms. The number of hydrogen-bond acceptors (Lipinski definition) is 5. The summed E-state index contributed by atoms with van der Waals surface area (Å²) in [5.41, 5.74) is 3.71. The lowest BCUT2D eigenvalue weighted by atomic mass is 10.1. The number of fused-ring (bicyclic) bond motifs is 1. The Hall–Kier alpha value is -1.92. The van der Waals surface area contributed by atoms with Gasteiger partial charge in [-0.2, -0.15) is 0 Å². The maximum atomic E-state index is 11.5. The monoisotopic (exact) mass is 331 g/mol. The second-order valence-corrected chi connectivity index (χ2v) is 6.76. The van der Waals surface area contributed by atoms with E-state index in [-0.39, 0.29) is 0 Å². The van der Waals surface area contributed by atoms with Gasteiger partial charge in [0.05, 0.1) is 12.3 Å². The Kier molecular flexibility index (Phi) is 4.93. The highest BCUT2D eigenvalue weighted by Gasteiger charge is 2.21. The van der Waals surface area contributed by atoms with Crippen molar-refractivity contribution in [3.8, 4) is 0 Å². The average molecular weight is 331 g/mol. The van der Waals surface area contributed by atoms with Gasteiger partial charge in [-0.05, 0) is 19.4 Å². The van der Waals surface area contributed by atoms with Crippen molar-refractivity contribution in [1.82, 2.24) is 9.88 Å². The number of benzene rings is 1. The van der Waals surface area contributed by atoms with Gasteiger partial charge in [0, 0.05) is 30.9 Å². The molecule has 1 aliphatic rings. The Balaban J connectivity index is 1.62. The van der Waals surface area contributed by atoms with Crippen LogP contribution in [0.1, 0.15) is 28.6 Å². The van der Waals surface area contributed by atoms with Gasteiger partial charge in [0.25, 0.3) is 0 Å². The molecule has 0 saturated carbocycles. The molecule has 6 heteroatoms. The number of ether oxygens (including phenoxy) is 1. The molecule has 0 atom stereocenters. The topological polar surface area (TPSA) is 54.5 Å². The van der Waals surface area contributed by atoms with Crippen molar-refractivity contribution in [1.29, 1.82) is 0 Å². The molecule has 0 fully saturated rings. The van der Waals surface area contributed by atoms with Crippen molar-refractivity contribution in [2.45, 2.75) is 33.4 Å². The molecule has 122 valence electrons. The molecular formula is C17H21N3O2S. The van der Waals surface area contributed by atoms with Crippen molar-refractivity contribution in [2.24, 2.45) is 0 Å². The standard InChI is InChI=1S/C17H21N3O2S/c1-3-22-17(21)19-16-18-14-8-9-20(11-15(14)23-16)10-13-6-4-12(2)5-7-13/h4-7H,3,8-11H2,1-2H3,(H,18,19,21). The van der Waals surface area contributed by atoms with Crippen molar-refractivity contribution in [3.63, 3.8) is 0 Å². The van der Waals surface area contributed by atoms with E-state index in [1.165, 1.54) is 16.0 Å². The lowest BCUT2D eigenvalue weighted by molar-refractivity contribution is 0.168. The lowest BCUT2D eigenvalue weighted by Gasteiger charge is -2.25. The fraction of sp³-hybridized carbons (Fsp3) is 0.412. The van der Waals surface area contributed by atoms with Gasteiger partial charge in [0.2, 0.25) is 0 Å². The Morgan fingerprint density at radius 1 is 1.39 bits per heavy atom. The van der Waals surface area contributed by atoms with Crippen LogP contribution in [-0.4, -0.2) is 29.1 Å². The maximum Gasteiger partial charge on any atom is 0.413 e. The molecule has 1 amide bonds. The molecule has 1 aromatic carbocycles. The number of thiazole rings is 1. The molecule has 0 bridgehead atoms. The molecule has 23 heavy (non-hydrogen) atoms. The van der Waals surface area contributed by atoms with E-state index in [0.29, 0.717) is 11.7 Å². The molecule has 3 rings (SSSR count). The van der Waals surface area contributed by atoms with Gasteiger partial charge in [0.1, 0.15) is 0 Å². The number of carbonyl (C=O) groups is 1. The summed E-state index contributed by atoms with van der Waals surface area (Å²) in [6, 6.07) is 8.67. The zero-order valence-corrected chi connectivity index (χ0v) is 14.3. The van der Waals surface area contributed by atoms with Crippen molar-refractivity contribution in [3.05, 3.63) is 46.0 Å². The van der Waals surface area contributed by atoms with Gasteiger partial charge in [0.15, 0.2) is 5.13 Å². The van der Waals surface area contributed by atoms with E-state index in [9.17, 15) is 4.79 Å². The first kappa shape index (κ1) is 16.0. The number of anilines is 1. The van der Waals surface area contributed by atoms with Gasteiger partial charge in [-0.1, -0.05) is 41.2 Å². The summed E-state index contributed by atoms with van der Waals surface area (Å²) in [7, 11) is 0. The Morgan fingerprint density at radius 3 is 2.91 bits per heavy atom. The lowest BCUT2D eigenvalue weighted by Crippen LogP contribution is -2.29. The van der Waals surface area contributed by atoms with Gasteiger partial charge in [-0.25, -0.2) is 9.78 Å². The number of hydrogen-bond donors (Lipinski definition) is 1.